The van der Waals surface area contributed by atoms with Crippen molar-refractivity contribution in [2.75, 3.05) is 26.8 Å². The monoisotopic (exact) mass is 388 g/mol. The molecule has 1 amide bonds. The van der Waals surface area contributed by atoms with Gasteiger partial charge in [-0.25, -0.2) is 0 Å². The van der Waals surface area contributed by atoms with E-state index in [1.54, 1.807) is 7.11 Å². The molecule has 6 nitrogen and oxygen atoms in total. The lowest BCUT2D eigenvalue weighted by Crippen LogP contribution is -2.39. The summed E-state index contributed by atoms with van der Waals surface area (Å²) in [5, 5.41) is 8.31. The van der Waals surface area contributed by atoms with Gasteiger partial charge in [0.15, 0.2) is 0 Å². The van der Waals surface area contributed by atoms with E-state index in [1.165, 1.54) is 44.1 Å². The van der Waals surface area contributed by atoms with Gasteiger partial charge in [0.2, 0.25) is 5.91 Å². The molecule has 3 aliphatic rings. The molecule has 0 aromatic carbocycles. The predicted octanol–water partition coefficient (Wildman–Crippen LogP) is 2.82. The first-order valence-electron chi connectivity index (χ1n) is 11.1. The first-order chi connectivity index (χ1) is 13.6. The zero-order valence-corrected chi connectivity index (χ0v) is 17.7. The minimum atomic E-state index is 0.103. The molecule has 2 aliphatic carbocycles. The fourth-order valence-electron chi connectivity index (χ4n) is 5.45. The molecule has 1 N–H and O–H groups in total. The summed E-state index contributed by atoms with van der Waals surface area (Å²) in [6.45, 7) is 4.24. The summed E-state index contributed by atoms with van der Waals surface area (Å²) in [4.78, 5) is 14.8. The second-order valence-corrected chi connectivity index (χ2v) is 9.17. The molecule has 2 heterocycles. The third kappa shape index (κ3) is 4.13. The van der Waals surface area contributed by atoms with Crippen molar-refractivity contribution in [3.05, 3.63) is 17.5 Å². The molecule has 0 radical (unpaired) electrons. The molecule has 156 valence electrons. The van der Waals surface area contributed by atoms with Gasteiger partial charge in [0, 0.05) is 56.9 Å². The maximum Gasteiger partial charge on any atom is 0.223 e. The molecule has 1 aliphatic heterocycles. The lowest BCUT2D eigenvalue weighted by Gasteiger charge is -2.32. The molecule has 2 saturated carbocycles. The van der Waals surface area contributed by atoms with E-state index in [0.29, 0.717) is 31.5 Å². The summed E-state index contributed by atoms with van der Waals surface area (Å²) in [5.41, 5.74) is 2.34. The van der Waals surface area contributed by atoms with Crippen molar-refractivity contribution < 1.29 is 9.53 Å². The van der Waals surface area contributed by atoms with Crippen molar-refractivity contribution in [3.8, 4) is 0 Å². The molecule has 0 unspecified atom stereocenters. The molecular formula is C22H36N4O2. The number of hydrogen-bond acceptors (Lipinski definition) is 4. The number of ether oxygens (including phenoxy) is 1. The average Bonchev–Trinajstić information content (AvgIpc) is 3.44. The summed E-state index contributed by atoms with van der Waals surface area (Å²) >= 11 is 0. The van der Waals surface area contributed by atoms with Crippen LogP contribution in [0.5, 0.6) is 0 Å². The highest BCUT2D eigenvalue weighted by atomic mass is 16.5. The van der Waals surface area contributed by atoms with Crippen molar-refractivity contribution >= 4 is 5.91 Å². The molecule has 4 atom stereocenters. The van der Waals surface area contributed by atoms with Gasteiger partial charge in [0.1, 0.15) is 0 Å². The fraction of sp³-hybridized carbons (Fsp3) is 0.818. The number of methoxy groups -OCH3 is 1. The van der Waals surface area contributed by atoms with E-state index >= 15 is 0 Å². The third-order valence-electron chi connectivity index (χ3n) is 7.34. The van der Waals surface area contributed by atoms with Crippen molar-refractivity contribution in [2.24, 2.45) is 24.8 Å². The Morgan fingerprint density at radius 2 is 2.07 bits per heavy atom. The van der Waals surface area contributed by atoms with Crippen molar-refractivity contribution in [2.45, 2.75) is 64.0 Å². The molecule has 1 saturated heterocycles. The third-order valence-corrected chi connectivity index (χ3v) is 7.34. The number of carbonyl (C=O) groups is 1. The van der Waals surface area contributed by atoms with E-state index in [9.17, 15) is 4.79 Å². The number of aromatic nitrogens is 2. The zero-order chi connectivity index (χ0) is 19.7. The molecule has 0 bridgehead atoms. The van der Waals surface area contributed by atoms with Crippen LogP contribution in [0, 0.1) is 24.7 Å². The van der Waals surface area contributed by atoms with Crippen LogP contribution in [-0.2, 0) is 16.6 Å². The molecule has 3 fully saturated rings. The summed E-state index contributed by atoms with van der Waals surface area (Å²) in [6.07, 6.45) is 10.9. The Morgan fingerprint density at radius 1 is 1.25 bits per heavy atom. The fourth-order valence-corrected chi connectivity index (χ4v) is 5.45. The van der Waals surface area contributed by atoms with Crippen LogP contribution >= 0.6 is 0 Å². The van der Waals surface area contributed by atoms with Gasteiger partial charge in [-0.3, -0.25) is 9.48 Å². The number of likely N-dealkylation sites (tertiary alicyclic amines) is 1. The van der Waals surface area contributed by atoms with Crippen LogP contribution in [-0.4, -0.2) is 53.4 Å². The molecule has 0 spiro atoms. The predicted molar refractivity (Wildman–Crippen MR) is 109 cm³/mol. The lowest BCUT2D eigenvalue weighted by molar-refractivity contribution is -0.129. The Bertz CT molecular complexity index is 684. The molecule has 4 rings (SSSR count). The molecule has 1 aromatic rings. The largest absolute Gasteiger partial charge is 0.383 e. The SMILES string of the molecule is COCCN1C(=O)C[C@@H](CN[C@@H]2CCC[C@@H](C3CC3)C2)[C@@H]1c1cnn(C)c1C. The first kappa shape index (κ1) is 19.9. The minimum Gasteiger partial charge on any atom is -0.383 e. The van der Waals surface area contributed by atoms with Gasteiger partial charge in [-0.15, -0.1) is 0 Å². The van der Waals surface area contributed by atoms with E-state index in [-0.39, 0.29) is 11.9 Å². The summed E-state index contributed by atoms with van der Waals surface area (Å²) in [6, 6.07) is 0.727. The average molecular weight is 389 g/mol. The van der Waals surface area contributed by atoms with Gasteiger partial charge in [0.25, 0.3) is 0 Å². The molecule has 1 aromatic heterocycles. The Labute approximate surface area is 169 Å². The van der Waals surface area contributed by atoms with Crippen LogP contribution in [0.15, 0.2) is 6.20 Å². The van der Waals surface area contributed by atoms with Crippen LogP contribution < -0.4 is 5.32 Å². The van der Waals surface area contributed by atoms with Gasteiger partial charge >= 0.3 is 0 Å². The molecular weight excluding hydrogens is 352 g/mol. The quantitative estimate of drug-likeness (QED) is 0.744. The summed E-state index contributed by atoms with van der Waals surface area (Å²) in [5.74, 6) is 2.49. The van der Waals surface area contributed by atoms with Gasteiger partial charge in [-0.1, -0.05) is 12.8 Å². The van der Waals surface area contributed by atoms with E-state index < -0.39 is 0 Å². The highest BCUT2D eigenvalue weighted by Crippen LogP contribution is 2.44. The van der Waals surface area contributed by atoms with E-state index in [1.807, 2.05) is 22.8 Å². The summed E-state index contributed by atoms with van der Waals surface area (Å²) < 4.78 is 7.19. The van der Waals surface area contributed by atoms with Gasteiger partial charge in [-0.05, 0) is 44.4 Å². The number of hydrogen-bond donors (Lipinski definition) is 1. The van der Waals surface area contributed by atoms with Crippen molar-refractivity contribution in [3.63, 3.8) is 0 Å². The standard InChI is InChI=1S/C22H36N4O2/c1-15-20(14-24-25(15)2)22-18(12-21(27)26(22)9-10-28-3)13-23-19-6-4-5-17(11-19)16-7-8-16/h14,16-19,22-23H,4-13H2,1-3H3/t17-,18+,19-,22-/m1/s1. The highest BCUT2D eigenvalue weighted by molar-refractivity contribution is 5.79. The number of aryl methyl sites for hydroxylation is 1. The highest BCUT2D eigenvalue weighted by Gasteiger charge is 2.42. The number of nitrogens with one attached hydrogen (secondary N) is 1. The summed E-state index contributed by atoms with van der Waals surface area (Å²) in [7, 11) is 3.67. The van der Waals surface area contributed by atoms with E-state index in [0.717, 1.165) is 24.1 Å². The zero-order valence-electron chi connectivity index (χ0n) is 17.7. The Hall–Kier alpha value is -1.40. The van der Waals surface area contributed by atoms with Crippen LogP contribution in [0.3, 0.4) is 0 Å². The smallest absolute Gasteiger partial charge is 0.223 e. The maximum absolute atomic E-state index is 12.8. The van der Waals surface area contributed by atoms with E-state index in [4.69, 9.17) is 4.74 Å². The maximum atomic E-state index is 12.8. The van der Waals surface area contributed by atoms with Crippen LogP contribution in [0.25, 0.3) is 0 Å². The molecule has 28 heavy (non-hydrogen) atoms. The van der Waals surface area contributed by atoms with Crippen LogP contribution in [0.2, 0.25) is 0 Å². The van der Waals surface area contributed by atoms with Crippen LogP contribution in [0.4, 0.5) is 0 Å². The van der Waals surface area contributed by atoms with Crippen molar-refractivity contribution in [1.82, 2.24) is 20.0 Å². The van der Waals surface area contributed by atoms with Gasteiger partial charge in [-0.2, -0.15) is 5.10 Å². The van der Waals surface area contributed by atoms with Crippen molar-refractivity contribution in [1.29, 1.82) is 0 Å². The normalized spacial score (nSPS) is 31.0. The Kier molecular flexibility index (Phi) is 6.07. The first-order valence-corrected chi connectivity index (χ1v) is 11.1. The topological polar surface area (TPSA) is 59.4 Å². The lowest BCUT2D eigenvalue weighted by atomic mass is 9.82. The second kappa shape index (κ2) is 8.54. The van der Waals surface area contributed by atoms with E-state index in [2.05, 4.69) is 17.3 Å². The van der Waals surface area contributed by atoms with Gasteiger partial charge in [0.05, 0.1) is 18.8 Å². The molecule has 6 heteroatoms. The second-order valence-electron chi connectivity index (χ2n) is 9.17. The number of carbonyl (C=O) groups excluding carboxylic acids is 1. The van der Waals surface area contributed by atoms with Crippen LogP contribution in [0.1, 0.15) is 62.2 Å². The Balaban J connectivity index is 1.44. The van der Waals surface area contributed by atoms with Gasteiger partial charge < -0.3 is 15.0 Å². The Morgan fingerprint density at radius 3 is 2.75 bits per heavy atom. The number of rotatable bonds is 8. The number of nitrogens with zero attached hydrogens (tertiary/aromatic N) is 3. The minimum absolute atomic E-state index is 0.103. The number of amides is 1.